The van der Waals surface area contributed by atoms with Crippen LogP contribution in [0.1, 0.15) is 37.5 Å². The molecular weight excluding hydrogens is 638 g/mol. The van der Waals surface area contributed by atoms with E-state index in [9.17, 15) is 18.0 Å². The Labute approximate surface area is 269 Å². The number of nitrogens with one attached hydrogen (secondary N) is 1. The highest BCUT2D eigenvalue weighted by Crippen LogP contribution is 2.25. The van der Waals surface area contributed by atoms with Crippen LogP contribution < -0.4 is 9.62 Å². The number of anilines is 1. The SMILES string of the molecule is Cc1ccc(S(=O)(=O)N(CC(=O)N(Cc2cccc(Br)c2)[C@@H](Cc2ccccc2)C(=O)NC(C)(C)C)c2ccccc2)cc1. The van der Waals surface area contributed by atoms with Crippen molar-refractivity contribution in [2.75, 3.05) is 10.8 Å². The number of nitrogens with zero attached hydrogens (tertiary/aromatic N) is 2. The molecule has 7 nitrogen and oxygen atoms in total. The van der Waals surface area contributed by atoms with E-state index in [1.165, 1.54) is 4.90 Å². The summed E-state index contributed by atoms with van der Waals surface area (Å²) in [6.07, 6.45) is 0.249. The summed E-state index contributed by atoms with van der Waals surface area (Å²) in [5, 5.41) is 3.04. The smallest absolute Gasteiger partial charge is 0.264 e. The molecule has 230 valence electrons. The van der Waals surface area contributed by atoms with E-state index in [4.69, 9.17) is 0 Å². The molecule has 9 heteroatoms. The summed E-state index contributed by atoms with van der Waals surface area (Å²) < 4.78 is 30.1. The number of sulfonamides is 1. The van der Waals surface area contributed by atoms with Crippen LogP contribution in [-0.4, -0.2) is 43.3 Å². The van der Waals surface area contributed by atoms with Crippen molar-refractivity contribution >= 4 is 43.5 Å². The third kappa shape index (κ3) is 8.80. The minimum absolute atomic E-state index is 0.0737. The van der Waals surface area contributed by atoms with Gasteiger partial charge in [0.1, 0.15) is 12.6 Å². The van der Waals surface area contributed by atoms with Gasteiger partial charge in [-0.25, -0.2) is 8.42 Å². The monoisotopic (exact) mass is 675 g/mol. The van der Waals surface area contributed by atoms with Gasteiger partial charge in [-0.3, -0.25) is 13.9 Å². The second kappa shape index (κ2) is 14.2. The zero-order valence-electron chi connectivity index (χ0n) is 25.4. The van der Waals surface area contributed by atoms with E-state index in [1.54, 1.807) is 54.6 Å². The summed E-state index contributed by atoms with van der Waals surface area (Å²) in [6.45, 7) is 7.13. The minimum Gasteiger partial charge on any atom is -0.350 e. The Morgan fingerprint density at radius 1 is 0.818 bits per heavy atom. The number of halogens is 1. The van der Waals surface area contributed by atoms with Crippen molar-refractivity contribution in [2.45, 2.75) is 57.1 Å². The fraction of sp³-hybridized carbons (Fsp3) is 0.257. The molecule has 0 aliphatic carbocycles. The summed E-state index contributed by atoms with van der Waals surface area (Å²) in [5.41, 5.74) is 2.38. The molecule has 2 amide bonds. The molecule has 1 atom stereocenters. The largest absolute Gasteiger partial charge is 0.350 e. The van der Waals surface area contributed by atoms with Crippen molar-refractivity contribution in [2.24, 2.45) is 0 Å². The molecule has 0 radical (unpaired) electrons. The number of rotatable bonds is 11. The zero-order chi connectivity index (χ0) is 31.9. The Morgan fingerprint density at radius 3 is 2.00 bits per heavy atom. The molecule has 0 heterocycles. The fourth-order valence-electron chi connectivity index (χ4n) is 4.80. The van der Waals surface area contributed by atoms with Crippen LogP contribution in [0.4, 0.5) is 5.69 Å². The molecule has 0 fully saturated rings. The normalized spacial score (nSPS) is 12.3. The summed E-state index contributed by atoms with van der Waals surface area (Å²) in [6, 6.07) is 31.2. The molecule has 4 aromatic carbocycles. The molecule has 0 spiro atoms. The van der Waals surface area contributed by atoms with Crippen LogP contribution in [0.2, 0.25) is 0 Å². The maximum absolute atomic E-state index is 14.5. The molecule has 0 bridgehead atoms. The first-order valence-corrected chi connectivity index (χ1v) is 16.6. The Morgan fingerprint density at radius 2 is 1.41 bits per heavy atom. The topological polar surface area (TPSA) is 86.8 Å². The standard InChI is InChI=1S/C35H38BrN3O4S/c1-26-18-20-31(21-19-26)44(42,43)39(30-16-9-6-10-17-30)25-33(40)38(24-28-14-11-15-29(36)22-28)32(34(41)37-35(2,3)4)23-27-12-7-5-8-13-27/h5-22,32H,23-25H2,1-4H3,(H,37,41)/t32-/m0/s1. The van der Waals surface area contributed by atoms with E-state index in [1.807, 2.05) is 82.3 Å². The molecule has 0 unspecified atom stereocenters. The second-order valence-corrected chi connectivity index (χ2v) is 14.5. The van der Waals surface area contributed by atoms with Crippen molar-refractivity contribution in [1.29, 1.82) is 0 Å². The number of carbonyl (C=O) groups is 2. The second-order valence-electron chi connectivity index (χ2n) is 11.8. The van der Waals surface area contributed by atoms with Gasteiger partial charge in [0.05, 0.1) is 10.6 Å². The summed E-state index contributed by atoms with van der Waals surface area (Å²) in [4.78, 5) is 30.0. The Hall–Kier alpha value is -3.95. The maximum Gasteiger partial charge on any atom is 0.264 e. The van der Waals surface area contributed by atoms with Crippen molar-refractivity contribution in [3.63, 3.8) is 0 Å². The first-order chi connectivity index (χ1) is 20.8. The van der Waals surface area contributed by atoms with Crippen molar-refractivity contribution in [3.8, 4) is 0 Å². The van der Waals surface area contributed by atoms with E-state index in [-0.39, 0.29) is 23.8 Å². The Kier molecular flexibility index (Phi) is 10.7. The number of hydrogen-bond donors (Lipinski definition) is 1. The summed E-state index contributed by atoms with van der Waals surface area (Å²) in [7, 11) is -4.13. The van der Waals surface area contributed by atoms with Gasteiger partial charge in [0.25, 0.3) is 10.0 Å². The molecule has 0 saturated carbocycles. The first-order valence-electron chi connectivity index (χ1n) is 14.4. The highest BCUT2D eigenvalue weighted by molar-refractivity contribution is 9.10. The zero-order valence-corrected chi connectivity index (χ0v) is 27.8. The van der Waals surface area contributed by atoms with Crippen molar-refractivity contribution in [3.05, 3.63) is 130 Å². The lowest BCUT2D eigenvalue weighted by Crippen LogP contribution is -2.56. The van der Waals surface area contributed by atoms with Gasteiger partial charge in [0, 0.05) is 23.0 Å². The summed E-state index contributed by atoms with van der Waals surface area (Å²) in [5.74, 6) is -0.827. The molecule has 1 N–H and O–H groups in total. The lowest BCUT2D eigenvalue weighted by molar-refractivity contribution is -0.140. The van der Waals surface area contributed by atoms with Crippen LogP contribution in [0.5, 0.6) is 0 Å². The average molecular weight is 677 g/mol. The highest BCUT2D eigenvalue weighted by Gasteiger charge is 2.35. The Bertz CT molecular complexity index is 1670. The molecule has 44 heavy (non-hydrogen) atoms. The first kappa shape index (κ1) is 33.0. The maximum atomic E-state index is 14.5. The van der Waals surface area contributed by atoms with Gasteiger partial charge in [-0.05, 0) is 75.2 Å². The third-order valence-corrected chi connectivity index (χ3v) is 9.22. The fourth-order valence-corrected chi connectivity index (χ4v) is 6.66. The molecule has 0 aliphatic rings. The van der Waals surface area contributed by atoms with Gasteiger partial charge in [-0.15, -0.1) is 0 Å². The van der Waals surface area contributed by atoms with E-state index in [2.05, 4.69) is 21.2 Å². The van der Waals surface area contributed by atoms with Crippen molar-refractivity contribution in [1.82, 2.24) is 10.2 Å². The summed E-state index contributed by atoms with van der Waals surface area (Å²) >= 11 is 3.51. The molecule has 0 aromatic heterocycles. The predicted molar refractivity (Wildman–Crippen MR) is 179 cm³/mol. The minimum atomic E-state index is -4.13. The van der Waals surface area contributed by atoms with Crippen LogP contribution in [0.25, 0.3) is 0 Å². The van der Waals surface area contributed by atoms with Crippen molar-refractivity contribution < 1.29 is 18.0 Å². The van der Waals surface area contributed by atoms with Gasteiger partial charge in [-0.1, -0.05) is 94.3 Å². The number of benzene rings is 4. The number of aryl methyl sites for hydroxylation is 1. The number of amides is 2. The molecule has 4 aromatic rings. The lowest BCUT2D eigenvalue weighted by Gasteiger charge is -2.35. The van der Waals surface area contributed by atoms with Gasteiger partial charge < -0.3 is 10.2 Å². The van der Waals surface area contributed by atoms with Crippen LogP contribution in [0.15, 0.2) is 119 Å². The predicted octanol–water partition coefficient (Wildman–Crippen LogP) is 6.51. The lowest BCUT2D eigenvalue weighted by atomic mass is 10.0. The van der Waals surface area contributed by atoms with E-state index >= 15 is 0 Å². The van der Waals surface area contributed by atoms with Gasteiger partial charge in [0.15, 0.2) is 0 Å². The average Bonchev–Trinajstić information content (AvgIpc) is 2.98. The van der Waals surface area contributed by atoms with Crippen LogP contribution in [0, 0.1) is 6.92 Å². The van der Waals surface area contributed by atoms with Crippen LogP contribution in [0.3, 0.4) is 0 Å². The molecule has 4 rings (SSSR count). The van der Waals surface area contributed by atoms with Crippen LogP contribution >= 0.6 is 15.9 Å². The van der Waals surface area contributed by atoms with Crippen LogP contribution in [-0.2, 0) is 32.6 Å². The van der Waals surface area contributed by atoms with Gasteiger partial charge >= 0.3 is 0 Å². The quantitative estimate of drug-likeness (QED) is 0.196. The van der Waals surface area contributed by atoms with E-state index < -0.39 is 34.1 Å². The number of hydrogen-bond acceptors (Lipinski definition) is 4. The molecular formula is C35H38BrN3O4S. The van der Waals surface area contributed by atoms with E-state index in [0.717, 1.165) is 25.5 Å². The highest BCUT2D eigenvalue weighted by atomic mass is 79.9. The third-order valence-electron chi connectivity index (χ3n) is 6.94. The van der Waals surface area contributed by atoms with Gasteiger partial charge in [-0.2, -0.15) is 0 Å². The van der Waals surface area contributed by atoms with E-state index in [0.29, 0.717) is 5.69 Å². The van der Waals surface area contributed by atoms with Gasteiger partial charge in [0.2, 0.25) is 11.8 Å². The number of para-hydroxylation sites is 1. The molecule has 0 saturated heterocycles. The molecule has 0 aliphatic heterocycles. The number of carbonyl (C=O) groups excluding carboxylic acids is 2. The Balaban J connectivity index is 1.80.